The predicted molar refractivity (Wildman–Crippen MR) is 89.6 cm³/mol. The van der Waals surface area contributed by atoms with Crippen molar-refractivity contribution in [1.82, 2.24) is 5.32 Å². The van der Waals surface area contributed by atoms with Crippen molar-refractivity contribution in [1.29, 1.82) is 0 Å². The Balaban J connectivity index is 2.10. The molecular weight excluding hydrogens is 258 g/mol. The number of aliphatic hydroxyl groups excluding tert-OH is 1. The van der Waals surface area contributed by atoms with Crippen LogP contribution >= 0.6 is 0 Å². The highest BCUT2D eigenvalue weighted by atomic mass is 16.3. The Hall–Kier alpha value is -0.860. The molecule has 2 nitrogen and oxygen atoms in total. The fourth-order valence-corrected chi connectivity index (χ4v) is 3.90. The Kier molecular flexibility index (Phi) is 5.45. The second kappa shape index (κ2) is 6.93. The Morgan fingerprint density at radius 2 is 1.67 bits per heavy atom. The Bertz CT molecular complexity index is 459. The summed E-state index contributed by atoms with van der Waals surface area (Å²) in [4.78, 5) is 0. The zero-order chi connectivity index (χ0) is 15.6. The minimum atomic E-state index is -0.431. The molecule has 2 rings (SSSR count). The first-order valence-electron chi connectivity index (χ1n) is 8.42. The fraction of sp³-hybridized carbons (Fsp3) is 0.684. The lowest BCUT2D eigenvalue weighted by Crippen LogP contribution is -2.45. The van der Waals surface area contributed by atoms with Crippen molar-refractivity contribution >= 4 is 0 Å². The SMILES string of the molecule is Cc1cc(C)c(C(O)C(C)NC2CCCCC2C)c(C)c1. The fourth-order valence-electron chi connectivity index (χ4n) is 3.90. The van der Waals surface area contributed by atoms with Crippen LogP contribution < -0.4 is 5.32 Å². The number of aliphatic hydroxyl groups is 1. The van der Waals surface area contributed by atoms with Gasteiger partial charge in [0.2, 0.25) is 0 Å². The van der Waals surface area contributed by atoms with E-state index in [4.69, 9.17) is 0 Å². The van der Waals surface area contributed by atoms with Gasteiger partial charge in [0.15, 0.2) is 0 Å². The maximum atomic E-state index is 10.8. The summed E-state index contributed by atoms with van der Waals surface area (Å²) in [5.41, 5.74) is 4.77. The molecule has 0 aliphatic heterocycles. The topological polar surface area (TPSA) is 32.3 Å². The van der Waals surface area contributed by atoms with Gasteiger partial charge in [0.25, 0.3) is 0 Å². The highest BCUT2D eigenvalue weighted by molar-refractivity contribution is 5.39. The second-order valence-corrected chi connectivity index (χ2v) is 7.08. The number of rotatable bonds is 4. The van der Waals surface area contributed by atoms with E-state index >= 15 is 0 Å². The highest BCUT2D eigenvalue weighted by Crippen LogP contribution is 2.29. The number of nitrogens with one attached hydrogen (secondary N) is 1. The van der Waals surface area contributed by atoms with E-state index in [1.807, 2.05) is 0 Å². The first kappa shape index (κ1) is 16.5. The molecule has 0 radical (unpaired) electrons. The van der Waals surface area contributed by atoms with Gasteiger partial charge in [-0.05, 0) is 63.1 Å². The van der Waals surface area contributed by atoms with Crippen LogP contribution in [0.4, 0.5) is 0 Å². The third kappa shape index (κ3) is 3.87. The van der Waals surface area contributed by atoms with Crippen LogP contribution in [0.15, 0.2) is 12.1 Å². The van der Waals surface area contributed by atoms with Gasteiger partial charge in [0, 0.05) is 12.1 Å². The molecule has 1 aliphatic carbocycles. The van der Waals surface area contributed by atoms with E-state index in [2.05, 4.69) is 52.1 Å². The van der Waals surface area contributed by atoms with Crippen molar-refractivity contribution in [3.8, 4) is 0 Å². The van der Waals surface area contributed by atoms with Gasteiger partial charge in [0.1, 0.15) is 0 Å². The van der Waals surface area contributed by atoms with Gasteiger partial charge in [-0.3, -0.25) is 0 Å². The van der Waals surface area contributed by atoms with Crippen LogP contribution in [0.3, 0.4) is 0 Å². The van der Waals surface area contributed by atoms with Crippen LogP contribution in [-0.2, 0) is 0 Å². The minimum Gasteiger partial charge on any atom is -0.387 e. The summed E-state index contributed by atoms with van der Waals surface area (Å²) in [5.74, 6) is 0.716. The molecule has 1 saturated carbocycles. The van der Waals surface area contributed by atoms with Gasteiger partial charge in [0.05, 0.1) is 6.10 Å². The lowest BCUT2D eigenvalue weighted by Gasteiger charge is -2.34. The van der Waals surface area contributed by atoms with Crippen LogP contribution in [0.2, 0.25) is 0 Å². The molecular formula is C19H31NO. The van der Waals surface area contributed by atoms with Gasteiger partial charge in [-0.25, -0.2) is 0 Å². The van der Waals surface area contributed by atoms with Gasteiger partial charge in [-0.15, -0.1) is 0 Å². The molecule has 2 N–H and O–H groups in total. The molecule has 1 aliphatic rings. The number of hydrogen-bond donors (Lipinski definition) is 2. The summed E-state index contributed by atoms with van der Waals surface area (Å²) in [7, 11) is 0. The van der Waals surface area contributed by atoms with Crippen LogP contribution in [0, 0.1) is 26.7 Å². The van der Waals surface area contributed by atoms with E-state index < -0.39 is 6.10 Å². The van der Waals surface area contributed by atoms with Crippen LogP contribution in [0.5, 0.6) is 0 Å². The van der Waals surface area contributed by atoms with E-state index in [0.29, 0.717) is 12.0 Å². The smallest absolute Gasteiger partial charge is 0.0945 e. The molecule has 0 bridgehead atoms. The summed E-state index contributed by atoms with van der Waals surface area (Å²) in [6.07, 6.45) is 4.78. The van der Waals surface area contributed by atoms with E-state index in [9.17, 15) is 5.11 Å². The molecule has 21 heavy (non-hydrogen) atoms. The molecule has 1 aromatic carbocycles. The van der Waals surface area contributed by atoms with E-state index in [0.717, 1.165) is 5.56 Å². The summed E-state index contributed by atoms with van der Waals surface area (Å²) in [6, 6.07) is 4.98. The zero-order valence-corrected chi connectivity index (χ0v) is 14.2. The van der Waals surface area contributed by atoms with Gasteiger partial charge in [-0.1, -0.05) is 37.5 Å². The monoisotopic (exact) mass is 289 g/mol. The molecule has 4 atom stereocenters. The summed E-state index contributed by atoms with van der Waals surface area (Å²) in [5, 5.41) is 14.5. The average Bonchev–Trinajstić information content (AvgIpc) is 2.40. The van der Waals surface area contributed by atoms with E-state index in [-0.39, 0.29) is 6.04 Å². The first-order chi connectivity index (χ1) is 9.90. The normalized spacial score (nSPS) is 25.6. The van der Waals surface area contributed by atoms with Crippen LogP contribution in [0.1, 0.15) is 67.9 Å². The molecule has 0 aromatic heterocycles. The van der Waals surface area contributed by atoms with E-state index in [1.165, 1.54) is 42.4 Å². The highest BCUT2D eigenvalue weighted by Gasteiger charge is 2.26. The van der Waals surface area contributed by atoms with Crippen LogP contribution in [-0.4, -0.2) is 17.2 Å². The Morgan fingerprint density at radius 1 is 1.10 bits per heavy atom. The maximum Gasteiger partial charge on any atom is 0.0945 e. The number of aryl methyl sites for hydroxylation is 3. The standard InChI is InChI=1S/C19H31NO/c1-12-10-14(3)18(15(4)11-12)19(21)16(5)20-17-9-7-6-8-13(17)2/h10-11,13,16-17,19-21H,6-9H2,1-5H3. The maximum absolute atomic E-state index is 10.8. The summed E-state index contributed by atoms with van der Waals surface area (Å²) >= 11 is 0. The lowest BCUT2D eigenvalue weighted by molar-refractivity contribution is 0.116. The molecule has 0 amide bonds. The minimum absolute atomic E-state index is 0.0932. The molecule has 1 fully saturated rings. The van der Waals surface area contributed by atoms with Crippen molar-refractivity contribution in [3.05, 3.63) is 34.4 Å². The van der Waals surface area contributed by atoms with Crippen molar-refractivity contribution in [2.45, 2.75) is 78.5 Å². The number of benzene rings is 1. The van der Waals surface area contributed by atoms with Crippen molar-refractivity contribution in [3.63, 3.8) is 0 Å². The third-order valence-corrected chi connectivity index (χ3v) is 5.10. The second-order valence-electron chi connectivity index (χ2n) is 7.08. The predicted octanol–water partition coefficient (Wildman–Crippen LogP) is 4.20. The molecule has 0 saturated heterocycles. The summed E-state index contributed by atoms with van der Waals surface area (Å²) < 4.78 is 0. The van der Waals surface area contributed by atoms with Crippen molar-refractivity contribution in [2.75, 3.05) is 0 Å². The Morgan fingerprint density at radius 3 is 2.24 bits per heavy atom. The molecule has 2 heteroatoms. The zero-order valence-electron chi connectivity index (χ0n) is 14.2. The Labute approximate surface area is 130 Å². The largest absolute Gasteiger partial charge is 0.387 e. The van der Waals surface area contributed by atoms with Crippen molar-refractivity contribution in [2.24, 2.45) is 5.92 Å². The molecule has 0 spiro atoms. The van der Waals surface area contributed by atoms with Gasteiger partial charge >= 0.3 is 0 Å². The molecule has 4 unspecified atom stereocenters. The van der Waals surface area contributed by atoms with Crippen molar-refractivity contribution < 1.29 is 5.11 Å². The average molecular weight is 289 g/mol. The van der Waals surface area contributed by atoms with Crippen LogP contribution in [0.25, 0.3) is 0 Å². The lowest BCUT2D eigenvalue weighted by atomic mass is 9.84. The first-order valence-corrected chi connectivity index (χ1v) is 8.42. The van der Waals surface area contributed by atoms with Gasteiger partial charge < -0.3 is 10.4 Å². The number of hydrogen-bond acceptors (Lipinski definition) is 2. The molecule has 1 aromatic rings. The molecule has 118 valence electrons. The van der Waals surface area contributed by atoms with Gasteiger partial charge in [-0.2, -0.15) is 0 Å². The quantitative estimate of drug-likeness (QED) is 0.870. The summed E-state index contributed by atoms with van der Waals surface area (Å²) in [6.45, 7) is 10.8. The third-order valence-electron chi connectivity index (χ3n) is 5.10. The molecule has 0 heterocycles. The van der Waals surface area contributed by atoms with E-state index in [1.54, 1.807) is 0 Å².